The van der Waals surface area contributed by atoms with Crippen molar-refractivity contribution < 1.29 is 4.74 Å². The molecule has 2 aromatic rings. The predicted octanol–water partition coefficient (Wildman–Crippen LogP) is 3.82. The molecule has 0 aliphatic rings. The summed E-state index contributed by atoms with van der Waals surface area (Å²) in [5.41, 5.74) is 5.04. The minimum atomic E-state index is 0.320. The second-order valence-corrected chi connectivity index (χ2v) is 5.22. The minimum Gasteiger partial charge on any atom is -0.496 e. The second-order valence-electron chi connectivity index (χ2n) is 5.22. The maximum absolute atomic E-state index is 5.44. The predicted molar refractivity (Wildman–Crippen MR) is 84.4 cm³/mol. The van der Waals surface area contributed by atoms with E-state index in [1.807, 2.05) is 7.05 Å². The Morgan fingerprint density at radius 1 is 1.05 bits per heavy atom. The number of hydrogen-bond acceptors (Lipinski definition) is 2. The molecule has 0 heterocycles. The first-order valence-electron chi connectivity index (χ1n) is 7.02. The summed E-state index contributed by atoms with van der Waals surface area (Å²) >= 11 is 0. The number of likely N-dealkylation sites (N-methyl/N-ethyl adjacent to an activating group) is 1. The lowest BCUT2D eigenvalue weighted by molar-refractivity contribution is 0.408. The van der Waals surface area contributed by atoms with Gasteiger partial charge in [0.1, 0.15) is 5.75 Å². The molecule has 1 atom stereocenters. The van der Waals surface area contributed by atoms with Gasteiger partial charge in [0.2, 0.25) is 0 Å². The zero-order chi connectivity index (χ0) is 14.5. The highest BCUT2D eigenvalue weighted by atomic mass is 16.5. The van der Waals surface area contributed by atoms with Crippen LogP contribution in [0.25, 0.3) is 0 Å². The molecule has 0 amide bonds. The van der Waals surface area contributed by atoms with Gasteiger partial charge in [-0.3, -0.25) is 0 Å². The van der Waals surface area contributed by atoms with Crippen molar-refractivity contribution in [3.8, 4) is 5.75 Å². The van der Waals surface area contributed by atoms with Crippen LogP contribution in [-0.2, 0) is 6.42 Å². The molecule has 0 saturated heterocycles. The molecule has 20 heavy (non-hydrogen) atoms. The standard InChI is InChI=1S/C18H23NO/c1-13-10-16(11-14(2)18(13)20-4)17(19-3)12-15-8-6-5-7-9-15/h5-11,17,19H,12H2,1-4H3. The van der Waals surface area contributed by atoms with Crippen LogP contribution in [0, 0.1) is 13.8 Å². The summed E-state index contributed by atoms with van der Waals surface area (Å²) in [6.45, 7) is 4.20. The highest BCUT2D eigenvalue weighted by Gasteiger charge is 2.13. The third-order valence-corrected chi connectivity index (χ3v) is 3.72. The number of nitrogens with one attached hydrogen (secondary N) is 1. The van der Waals surface area contributed by atoms with Gasteiger partial charge in [-0.05, 0) is 49.6 Å². The first-order chi connectivity index (χ1) is 9.65. The lowest BCUT2D eigenvalue weighted by Gasteiger charge is -2.19. The molecule has 2 nitrogen and oxygen atoms in total. The van der Waals surface area contributed by atoms with Crippen LogP contribution < -0.4 is 10.1 Å². The van der Waals surface area contributed by atoms with Gasteiger partial charge >= 0.3 is 0 Å². The monoisotopic (exact) mass is 269 g/mol. The number of methoxy groups -OCH3 is 1. The molecule has 2 aromatic carbocycles. The van der Waals surface area contributed by atoms with Gasteiger partial charge in [-0.25, -0.2) is 0 Å². The van der Waals surface area contributed by atoms with Crippen molar-refractivity contribution in [2.24, 2.45) is 0 Å². The molecule has 0 spiro atoms. The molecule has 106 valence electrons. The molecule has 2 rings (SSSR count). The Bertz CT molecular complexity index is 540. The minimum absolute atomic E-state index is 0.320. The molecule has 0 aromatic heterocycles. The van der Waals surface area contributed by atoms with E-state index in [1.165, 1.54) is 22.3 Å². The Morgan fingerprint density at radius 2 is 1.65 bits per heavy atom. The Morgan fingerprint density at radius 3 is 2.15 bits per heavy atom. The van der Waals surface area contributed by atoms with Crippen molar-refractivity contribution in [2.75, 3.05) is 14.2 Å². The van der Waals surface area contributed by atoms with Crippen molar-refractivity contribution in [3.05, 3.63) is 64.7 Å². The van der Waals surface area contributed by atoms with E-state index in [0.717, 1.165) is 12.2 Å². The summed E-state index contributed by atoms with van der Waals surface area (Å²) in [4.78, 5) is 0. The van der Waals surface area contributed by atoms with Crippen LogP contribution >= 0.6 is 0 Å². The average molecular weight is 269 g/mol. The zero-order valence-corrected chi connectivity index (χ0v) is 12.7. The summed E-state index contributed by atoms with van der Waals surface area (Å²) in [6.07, 6.45) is 0.989. The topological polar surface area (TPSA) is 21.3 Å². The smallest absolute Gasteiger partial charge is 0.124 e. The molecule has 0 fully saturated rings. The third kappa shape index (κ3) is 3.20. The van der Waals surface area contributed by atoms with Gasteiger partial charge in [0.05, 0.1) is 7.11 Å². The van der Waals surface area contributed by atoms with E-state index in [0.29, 0.717) is 6.04 Å². The molecule has 1 N–H and O–H groups in total. The molecule has 0 saturated carbocycles. The quantitative estimate of drug-likeness (QED) is 0.891. The number of rotatable bonds is 5. The van der Waals surface area contributed by atoms with E-state index >= 15 is 0 Å². The number of hydrogen-bond donors (Lipinski definition) is 1. The highest BCUT2D eigenvalue weighted by molar-refractivity contribution is 5.44. The van der Waals surface area contributed by atoms with Crippen LogP contribution in [-0.4, -0.2) is 14.2 Å². The van der Waals surface area contributed by atoms with Gasteiger partial charge in [0, 0.05) is 6.04 Å². The Balaban J connectivity index is 2.28. The summed E-state index contributed by atoms with van der Waals surface area (Å²) in [7, 11) is 3.75. The first-order valence-corrected chi connectivity index (χ1v) is 7.02. The van der Waals surface area contributed by atoms with Crippen LogP contribution in [0.3, 0.4) is 0 Å². The van der Waals surface area contributed by atoms with E-state index in [4.69, 9.17) is 4.74 Å². The van der Waals surface area contributed by atoms with Crippen LogP contribution in [0.5, 0.6) is 5.75 Å². The summed E-state index contributed by atoms with van der Waals surface area (Å²) in [6, 6.07) is 15.3. The normalized spacial score (nSPS) is 12.2. The van der Waals surface area contributed by atoms with E-state index in [-0.39, 0.29) is 0 Å². The number of aryl methyl sites for hydroxylation is 2. The van der Waals surface area contributed by atoms with Crippen LogP contribution in [0.2, 0.25) is 0 Å². The lowest BCUT2D eigenvalue weighted by atomic mass is 9.95. The fraction of sp³-hybridized carbons (Fsp3) is 0.333. The molecule has 0 aliphatic heterocycles. The fourth-order valence-electron chi connectivity index (χ4n) is 2.74. The van der Waals surface area contributed by atoms with Crippen molar-refractivity contribution in [3.63, 3.8) is 0 Å². The van der Waals surface area contributed by atoms with Crippen molar-refractivity contribution >= 4 is 0 Å². The molecular weight excluding hydrogens is 246 g/mol. The molecule has 0 bridgehead atoms. The SMILES string of the molecule is CNC(Cc1ccccc1)c1cc(C)c(OC)c(C)c1. The fourth-order valence-corrected chi connectivity index (χ4v) is 2.74. The van der Waals surface area contributed by atoms with Crippen molar-refractivity contribution in [1.29, 1.82) is 0 Å². The van der Waals surface area contributed by atoms with E-state index in [1.54, 1.807) is 7.11 Å². The molecule has 0 radical (unpaired) electrons. The highest BCUT2D eigenvalue weighted by Crippen LogP contribution is 2.28. The number of benzene rings is 2. The molecule has 0 aliphatic carbocycles. The van der Waals surface area contributed by atoms with Gasteiger partial charge < -0.3 is 10.1 Å². The van der Waals surface area contributed by atoms with Crippen molar-refractivity contribution in [2.45, 2.75) is 26.3 Å². The average Bonchev–Trinajstić information content (AvgIpc) is 2.45. The third-order valence-electron chi connectivity index (χ3n) is 3.72. The van der Waals surface area contributed by atoms with E-state index in [9.17, 15) is 0 Å². The van der Waals surface area contributed by atoms with Crippen molar-refractivity contribution in [1.82, 2.24) is 5.32 Å². The Labute approximate surface area is 121 Å². The van der Waals surface area contributed by atoms with Crippen LogP contribution in [0.1, 0.15) is 28.3 Å². The van der Waals surface area contributed by atoms with E-state index < -0.39 is 0 Å². The zero-order valence-electron chi connectivity index (χ0n) is 12.7. The maximum Gasteiger partial charge on any atom is 0.124 e. The van der Waals surface area contributed by atoms with Gasteiger partial charge in [-0.15, -0.1) is 0 Å². The summed E-state index contributed by atoms with van der Waals surface area (Å²) in [5, 5.41) is 3.42. The lowest BCUT2D eigenvalue weighted by Crippen LogP contribution is -2.19. The van der Waals surface area contributed by atoms with Gasteiger partial charge in [-0.1, -0.05) is 42.5 Å². The van der Waals surface area contributed by atoms with Crippen LogP contribution in [0.15, 0.2) is 42.5 Å². The summed E-state index contributed by atoms with van der Waals surface area (Å²) < 4.78 is 5.44. The Hall–Kier alpha value is -1.80. The largest absolute Gasteiger partial charge is 0.496 e. The van der Waals surface area contributed by atoms with E-state index in [2.05, 4.69) is 61.6 Å². The second kappa shape index (κ2) is 6.58. The maximum atomic E-state index is 5.44. The molecule has 2 heteroatoms. The number of ether oxygens (including phenoxy) is 1. The van der Waals surface area contributed by atoms with Gasteiger partial charge in [0.15, 0.2) is 0 Å². The van der Waals surface area contributed by atoms with Gasteiger partial charge in [0.25, 0.3) is 0 Å². The molecular formula is C18H23NO. The Kier molecular flexibility index (Phi) is 4.80. The summed E-state index contributed by atoms with van der Waals surface area (Å²) in [5.74, 6) is 0.989. The van der Waals surface area contributed by atoms with Crippen LogP contribution in [0.4, 0.5) is 0 Å². The first kappa shape index (κ1) is 14.6. The molecule has 1 unspecified atom stereocenters. The van der Waals surface area contributed by atoms with Gasteiger partial charge in [-0.2, -0.15) is 0 Å².